The molecule has 1 aliphatic rings. The first kappa shape index (κ1) is 32.1. The lowest BCUT2D eigenvalue weighted by Gasteiger charge is -2.33. The zero-order valence-electron chi connectivity index (χ0n) is 29.8. The molecule has 0 spiro atoms. The molecular weight excluding hydrogens is 703 g/mol. The largest absolute Gasteiger partial charge is 0.308 e. The van der Waals surface area contributed by atoms with Gasteiger partial charge in [-0.1, -0.05) is 169 Å². The first-order valence-corrected chi connectivity index (χ1v) is 20.3. The van der Waals surface area contributed by atoms with E-state index in [9.17, 15) is 0 Å². The second kappa shape index (κ2) is 13.2. The van der Waals surface area contributed by atoms with E-state index in [1.54, 1.807) is 0 Å². The number of fused-ring (bicyclic) bond motifs is 6. The number of rotatable bonds is 5. The smallest absolute Gasteiger partial charge is 0.0602 e. The van der Waals surface area contributed by atoms with Crippen molar-refractivity contribution < 1.29 is 0 Å². The van der Waals surface area contributed by atoms with Crippen LogP contribution in [-0.4, -0.2) is 0 Å². The molecule has 10 aromatic rings. The monoisotopic (exact) mass is 735 g/mol. The molecule has 258 valence electrons. The summed E-state index contributed by atoms with van der Waals surface area (Å²) in [4.78, 5) is 4.93. The van der Waals surface area contributed by atoms with Gasteiger partial charge in [0.25, 0.3) is 0 Å². The lowest BCUT2D eigenvalue weighted by molar-refractivity contribution is 1.17. The number of nitrogens with zero attached hydrogens (tertiary/aromatic N) is 1. The summed E-state index contributed by atoms with van der Waals surface area (Å²) < 4.78 is 2.68. The van der Waals surface area contributed by atoms with E-state index < -0.39 is 0 Å². The third-order valence-corrected chi connectivity index (χ3v) is 13.2. The van der Waals surface area contributed by atoms with Crippen LogP contribution in [0.25, 0.3) is 75.5 Å². The summed E-state index contributed by atoms with van der Waals surface area (Å²) in [6.07, 6.45) is 0. The average molecular weight is 736 g/mol. The Balaban J connectivity index is 0.966. The van der Waals surface area contributed by atoms with Gasteiger partial charge in [-0.05, 0) is 97.7 Å². The molecule has 0 saturated heterocycles. The molecule has 1 aromatic heterocycles. The van der Waals surface area contributed by atoms with Crippen LogP contribution in [0.5, 0.6) is 0 Å². The van der Waals surface area contributed by atoms with Crippen LogP contribution in [0.4, 0.5) is 17.1 Å². The minimum absolute atomic E-state index is 1.14. The van der Waals surface area contributed by atoms with Gasteiger partial charge < -0.3 is 4.90 Å². The Labute approximate surface area is 328 Å². The topological polar surface area (TPSA) is 3.24 Å². The maximum atomic E-state index is 2.43. The molecule has 0 atom stereocenters. The van der Waals surface area contributed by atoms with Crippen LogP contribution in [0.15, 0.2) is 210 Å². The number of thiophene rings is 1. The summed E-state index contributed by atoms with van der Waals surface area (Å²) in [5.74, 6) is 0. The van der Waals surface area contributed by atoms with Gasteiger partial charge >= 0.3 is 0 Å². The van der Waals surface area contributed by atoms with Crippen LogP contribution in [-0.2, 0) is 0 Å². The molecule has 0 bridgehead atoms. The van der Waals surface area contributed by atoms with Gasteiger partial charge in [0.05, 0.1) is 11.4 Å². The van der Waals surface area contributed by atoms with E-state index in [-0.39, 0.29) is 0 Å². The number of hydrogen-bond donors (Lipinski definition) is 0. The fraction of sp³-hybridized carbons (Fsp3) is 0. The molecule has 0 fully saturated rings. The zero-order valence-corrected chi connectivity index (χ0v) is 31.4. The predicted molar refractivity (Wildman–Crippen MR) is 237 cm³/mol. The molecule has 0 N–H and O–H groups in total. The van der Waals surface area contributed by atoms with Gasteiger partial charge in [-0.25, -0.2) is 0 Å². The summed E-state index contributed by atoms with van der Waals surface area (Å²) in [7, 11) is 0. The fourth-order valence-electron chi connectivity index (χ4n) is 8.16. The molecule has 0 unspecified atom stereocenters. The quantitative estimate of drug-likeness (QED) is 0.173. The van der Waals surface area contributed by atoms with Crippen LogP contribution in [0.1, 0.15) is 0 Å². The van der Waals surface area contributed by atoms with Crippen molar-refractivity contribution in [3.8, 4) is 44.5 Å². The Bertz CT molecular complexity index is 3050. The molecule has 0 saturated carbocycles. The normalized spacial score (nSPS) is 12.3. The standard InChI is InChI=1S/C52H33NS2/c1-2-10-34(11-3-1)39-26-30-47-50(32-39)54-51-33-40(43-16-8-13-37-12-4-5-14-42(37)43)27-31-48(51)53(47)41-28-24-36(25-29-41)35-20-22-38(23-21-35)44-17-9-18-46-45-15-6-7-19-49(45)55-52(44)46/h1-33H. The Morgan fingerprint density at radius 3 is 1.69 bits per heavy atom. The lowest BCUT2D eigenvalue weighted by Crippen LogP contribution is -2.15. The Hall–Kier alpha value is -6.39. The van der Waals surface area contributed by atoms with Crippen molar-refractivity contribution >= 4 is 71.1 Å². The minimum atomic E-state index is 1.14. The summed E-state index contributed by atoms with van der Waals surface area (Å²) in [5, 5.41) is 5.20. The molecule has 3 heteroatoms. The van der Waals surface area contributed by atoms with Crippen LogP contribution < -0.4 is 4.90 Å². The van der Waals surface area contributed by atoms with Crippen molar-refractivity contribution in [2.45, 2.75) is 9.79 Å². The number of anilines is 3. The summed E-state index contributed by atoms with van der Waals surface area (Å²) >= 11 is 3.75. The van der Waals surface area contributed by atoms with Gasteiger partial charge in [0.1, 0.15) is 0 Å². The maximum absolute atomic E-state index is 2.43. The predicted octanol–water partition coefficient (Wildman–Crippen LogP) is 15.8. The molecule has 0 radical (unpaired) electrons. The first-order chi connectivity index (χ1) is 27.2. The van der Waals surface area contributed by atoms with Crippen LogP contribution in [0, 0.1) is 0 Å². The number of hydrogen-bond acceptors (Lipinski definition) is 3. The molecular formula is C52H33NS2. The average Bonchev–Trinajstić information content (AvgIpc) is 3.64. The highest BCUT2D eigenvalue weighted by Crippen LogP contribution is 2.53. The summed E-state index contributed by atoms with van der Waals surface area (Å²) in [6.45, 7) is 0. The van der Waals surface area contributed by atoms with Gasteiger partial charge in [-0.2, -0.15) is 0 Å². The third-order valence-electron chi connectivity index (χ3n) is 10.9. The molecule has 55 heavy (non-hydrogen) atoms. The molecule has 9 aromatic carbocycles. The van der Waals surface area contributed by atoms with Crippen molar-refractivity contribution in [1.29, 1.82) is 0 Å². The highest BCUT2D eigenvalue weighted by atomic mass is 32.2. The second-order valence-corrected chi connectivity index (χ2v) is 16.2. The maximum Gasteiger partial charge on any atom is 0.0602 e. The van der Waals surface area contributed by atoms with Crippen molar-refractivity contribution in [2.75, 3.05) is 4.90 Å². The third kappa shape index (κ3) is 5.55. The van der Waals surface area contributed by atoms with Gasteiger partial charge in [-0.15, -0.1) is 11.3 Å². The van der Waals surface area contributed by atoms with Crippen LogP contribution in [0.3, 0.4) is 0 Å². The molecule has 0 aliphatic carbocycles. The van der Waals surface area contributed by atoms with Gasteiger partial charge in [0, 0.05) is 35.7 Å². The summed E-state index contributed by atoms with van der Waals surface area (Å²) in [5.41, 5.74) is 13.4. The molecule has 0 amide bonds. The number of benzene rings is 9. The first-order valence-electron chi connectivity index (χ1n) is 18.7. The van der Waals surface area contributed by atoms with Crippen molar-refractivity contribution in [3.05, 3.63) is 200 Å². The van der Waals surface area contributed by atoms with Crippen LogP contribution in [0.2, 0.25) is 0 Å². The van der Waals surface area contributed by atoms with E-state index in [4.69, 9.17) is 0 Å². The van der Waals surface area contributed by atoms with Crippen molar-refractivity contribution in [2.24, 2.45) is 0 Å². The summed E-state index contributed by atoms with van der Waals surface area (Å²) in [6, 6.07) is 73.4. The second-order valence-electron chi connectivity index (χ2n) is 14.1. The molecule has 1 aliphatic heterocycles. The Morgan fingerprint density at radius 2 is 0.891 bits per heavy atom. The molecule has 1 nitrogen and oxygen atoms in total. The van der Waals surface area contributed by atoms with E-state index >= 15 is 0 Å². The highest BCUT2D eigenvalue weighted by molar-refractivity contribution is 7.99. The van der Waals surface area contributed by atoms with E-state index in [1.807, 2.05) is 23.1 Å². The zero-order chi connectivity index (χ0) is 36.3. The Morgan fingerprint density at radius 1 is 0.345 bits per heavy atom. The van der Waals surface area contributed by atoms with Gasteiger partial charge in [0.2, 0.25) is 0 Å². The van der Waals surface area contributed by atoms with E-state index in [0.717, 1.165) is 5.69 Å². The molecule has 11 rings (SSSR count). The van der Waals surface area contributed by atoms with E-state index in [1.165, 1.54) is 96.6 Å². The lowest BCUT2D eigenvalue weighted by atomic mass is 9.97. The van der Waals surface area contributed by atoms with Crippen LogP contribution >= 0.6 is 23.1 Å². The fourth-order valence-corrected chi connectivity index (χ4v) is 10.5. The highest BCUT2D eigenvalue weighted by Gasteiger charge is 2.26. The van der Waals surface area contributed by atoms with Crippen molar-refractivity contribution in [3.63, 3.8) is 0 Å². The Kier molecular flexibility index (Phi) is 7.68. The van der Waals surface area contributed by atoms with E-state index in [0.29, 0.717) is 0 Å². The minimum Gasteiger partial charge on any atom is -0.308 e. The SMILES string of the molecule is c1ccc(-c2ccc3c(c2)Sc2cc(-c4cccc5ccccc45)ccc2N3c2ccc(-c3ccc(-c4cccc5c4sc4ccccc45)cc3)cc2)cc1. The van der Waals surface area contributed by atoms with Crippen molar-refractivity contribution in [1.82, 2.24) is 0 Å². The van der Waals surface area contributed by atoms with E-state index in [2.05, 4.69) is 205 Å². The molecule has 2 heterocycles. The van der Waals surface area contributed by atoms with Gasteiger partial charge in [0.15, 0.2) is 0 Å². The van der Waals surface area contributed by atoms with Gasteiger partial charge in [-0.3, -0.25) is 0 Å².